The summed E-state index contributed by atoms with van der Waals surface area (Å²) >= 11 is 0. The predicted molar refractivity (Wildman–Crippen MR) is 132 cm³/mol. The Morgan fingerprint density at radius 3 is 2.08 bits per heavy atom. The van der Waals surface area contributed by atoms with Crippen molar-refractivity contribution >= 4 is 17.7 Å². The Kier molecular flexibility index (Phi) is 6.40. The van der Waals surface area contributed by atoms with Gasteiger partial charge in [-0.2, -0.15) is 4.98 Å². The number of aromatic nitrogens is 2. The third kappa shape index (κ3) is 4.30. The lowest BCUT2D eigenvalue weighted by atomic mass is 10.0. The number of carbonyl (C=O) groups is 3. The first kappa shape index (κ1) is 23.9. The van der Waals surface area contributed by atoms with Crippen molar-refractivity contribution in [1.82, 2.24) is 24.8 Å². The third-order valence-electron chi connectivity index (χ3n) is 6.89. The fourth-order valence-corrected chi connectivity index (χ4v) is 4.91. The smallest absolute Gasteiger partial charge is 0.262 e. The van der Waals surface area contributed by atoms with Crippen LogP contribution in [0.5, 0.6) is 0 Å². The standard InChI is InChI=1S/C27H29N5O4/c1-17(2)23(32-25(33)20-10-6-7-11-21(20)26(32)34)27(35)31-14-12-30(13-15-31)16-22-28-24(29-36-22)19-9-5-4-8-18(19)3/h4-11,17,23H,12-16H2,1-3H3. The minimum Gasteiger partial charge on any atom is -0.338 e. The molecule has 186 valence electrons. The summed E-state index contributed by atoms with van der Waals surface area (Å²) in [4.78, 5) is 49.2. The summed E-state index contributed by atoms with van der Waals surface area (Å²) < 4.78 is 5.48. The van der Waals surface area contributed by atoms with E-state index in [2.05, 4.69) is 15.0 Å². The first-order valence-corrected chi connectivity index (χ1v) is 12.2. The van der Waals surface area contributed by atoms with E-state index in [1.54, 1.807) is 29.2 Å². The van der Waals surface area contributed by atoms with Gasteiger partial charge in [0.25, 0.3) is 11.8 Å². The van der Waals surface area contributed by atoms with Crippen LogP contribution in [0, 0.1) is 12.8 Å². The first-order valence-electron chi connectivity index (χ1n) is 12.2. The molecule has 2 aliphatic rings. The molecule has 5 rings (SSSR count). The summed E-state index contributed by atoms with van der Waals surface area (Å²) in [6.07, 6.45) is 0. The molecule has 9 nitrogen and oxygen atoms in total. The van der Waals surface area contributed by atoms with Gasteiger partial charge in [0, 0.05) is 31.7 Å². The van der Waals surface area contributed by atoms with Gasteiger partial charge in [0.15, 0.2) is 0 Å². The van der Waals surface area contributed by atoms with Crippen LogP contribution in [0.25, 0.3) is 11.4 Å². The quantitative estimate of drug-likeness (QED) is 0.493. The van der Waals surface area contributed by atoms with Gasteiger partial charge in [0.1, 0.15) is 6.04 Å². The van der Waals surface area contributed by atoms with Crippen LogP contribution in [0.15, 0.2) is 53.1 Å². The van der Waals surface area contributed by atoms with Crippen molar-refractivity contribution in [3.8, 4) is 11.4 Å². The van der Waals surface area contributed by atoms with E-state index in [-0.39, 0.29) is 11.8 Å². The number of nitrogens with zero attached hydrogens (tertiary/aromatic N) is 5. The molecule has 3 heterocycles. The molecule has 36 heavy (non-hydrogen) atoms. The lowest BCUT2D eigenvalue weighted by Crippen LogP contribution is -2.57. The maximum absolute atomic E-state index is 13.5. The number of benzene rings is 2. The zero-order valence-electron chi connectivity index (χ0n) is 20.7. The highest BCUT2D eigenvalue weighted by atomic mass is 16.5. The van der Waals surface area contributed by atoms with Crippen LogP contribution >= 0.6 is 0 Å². The number of imide groups is 1. The van der Waals surface area contributed by atoms with Gasteiger partial charge in [-0.3, -0.25) is 24.2 Å². The minimum absolute atomic E-state index is 0.196. The minimum atomic E-state index is -0.837. The van der Waals surface area contributed by atoms with Crippen LogP contribution < -0.4 is 0 Å². The number of fused-ring (bicyclic) bond motifs is 1. The molecule has 2 aliphatic heterocycles. The fraction of sp³-hybridized carbons (Fsp3) is 0.370. The summed E-state index contributed by atoms with van der Waals surface area (Å²) in [5, 5.41) is 4.13. The van der Waals surface area contributed by atoms with E-state index in [0.29, 0.717) is 55.6 Å². The van der Waals surface area contributed by atoms with Crippen molar-refractivity contribution in [3.05, 3.63) is 71.1 Å². The summed E-state index contributed by atoms with van der Waals surface area (Å²) in [5.41, 5.74) is 2.73. The number of hydrogen-bond donors (Lipinski definition) is 0. The molecule has 0 radical (unpaired) electrons. The van der Waals surface area contributed by atoms with Crippen LogP contribution in [0.1, 0.15) is 46.0 Å². The van der Waals surface area contributed by atoms with Crippen molar-refractivity contribution < 1.29 is 18.9 Å². The van der Waals surface area contributed by atoms with Crippen molar-refractivity contribution in [3.63, 3.8) is 0 Å². The number of piperazine rings is 1. The van der Waals surface area contributed by atoms with Gasteiger partial charge in [-0.15, -0.1) is 0 Å². The molecular weight excluding hydrogens is 458 g/mol. The molecule has 1 fully saturated rings. The lowest BCUT2D eigenvalue weighted by molar-refractivity contribution is -0.138. The fourth-order valence-electron chi connectivity index (χ4n) is 4.91. The summed E-state index contributed by atoms with van der Waals surface area (Å²) in [6, 6.07) is 13.8. The largest absolute Gasteiger partial charge is 0.338 e. The van der Waals surface area contributed by atoms with Gasteiger partial charge in [-0.05, 0) is 30.5 Å². The van der Waals surface area contributed by atoms with Crippen LogP contribution in [0.2, 0.25) is 0 Å². The van der Waals surface area contributed by atoms with Gasteiger partial charge in [0.2, 0.25) is 17.6 Å². The zero-order chi connectivity index (χ0) is 25.4. The number of aryl methyl sites for hydroxylation is 1. The molecule has 3 amide bonds. The molecule has 9 heteroatoms. The normalized spacial score (nSPS) is 17.1. The average Bonchev–Trinajstić information content (AvgIpc) is 3.43. The van der Waals surface area contributed by atoms with E-state index < -0.39 is 17.9 Å². The molecule has 0 N–H and O–H groups in total. The Labute approximate surface area is 209 Å². The Hall–Kier alpha value is -3.85. The molecule has 3 aromatic rings. The monoisotopic (exact) mass is 487 g/mol. The van der Waals surface area contributed by atoms with Crippen LogP contribution in [-0.4, -0.2) is 74.8 Å². The third-order valence-corrected chi connectivity index (χ3v) is 6.89. The number of rotatable bonds is 6. The Morgan fingerprint density at radius 1 is 0.917 bits per heavy atom. The highest BCUT2D eigenvalue weighted by molar-refractivity contribution is 6.22. The van der Waals surface area contributed by atoms with E-state index in [0.717, 1.165) is 16.0 Å². The van der Waals surface area contributed by atoms with Crippen molar-refractivity contribution in [2.45, 2.75) is 33.4 Å². The number of hydrogen-bond acceptors (Lipinski definition) is 7. The highest BCUT2D eigenvalue weighted by Gasteiger charge is 2.45. The van der Waals surface area contributed by atoms with Gasteiger partial charge >= 0.3 is 0 Å². The molecule has 1 atom stereocenters. The van der Waals surface area contributed by atoms with Crippen LogP contribution in [0.4, 0.5) is 0 Å². The first-order chi connectivity index (χ1) is 17.3. The summed E-state index contributed by atoms with van der Waals surface area (Å²) in [7, 11) is 0. The summed E-state index contributed by atoms with van der Waals surface area (Å²) in [6.45, 7) is 8.46. The van der Waals surface area contributed by atoms with Crippen molar-refractivity contribution in [1.29, 1.82) is 0 Å². The second-order valence-corrected chi connectivity index (χ2v) is 9.64. The summed E-state index contributed by atoms with van der Waals surface area (Å²) in [5.74, 6) is -0.115. The molecule has 1 aromatic heterocycles. The lowest BCUT2D eigenvalue weighted by Gasteiger charge is -2.38. The highest BCUT2D eigenvalue weighted by Crippen LogP contribution is 2.28. The molecule has 1 saturated heterocycles. The van der Waals surface area contributed by atoms with Crippen molar-refractivity contribution in [2.75, 3.05) is 26.2 Å². The SMILES string of the molecule is Cc1ccccc1-c1noc(CN2CCN(C(=O)C(C(C)C)N3C(=O)c4ccccc4C3=O)CC2)n1. The van der Waals surface area contributed by atoms with E-state index in [4.69, 9.17) is 4.52 Å². The molecule has 0 saturated carbocycles. The van der Waals surface area contributed by atoms with E-state index >= 15 is 0 Å². The van der Waals surface area contributed by atoms with Gasteiger partial charge in [-0.1, -0.05) is 55.4 Å². The Morgan fingerprint density at radius 2 is 1.50 bits per heavy atom. The maximum atomic E-state index is 13.5. The van der Waals surface area contributed by atoms with Crippen molar-refractivity contribution in [2.24, 2.45) is 5.92 Å². The second-order valence-electron chi connectivity index (χ2n) is 9.64. The Balaban J connectivity index is 1.23. The molecular formula is C27H29N5O4. The van der Waals surface area contributed by atoms with Crippen LogP contribution in [-0.2, 0) is 11.3 Å². The molecule has 2 aromatic carbocycles. The van der Waals surface area contributed by atoms with E-state index in [1.807, 2.05) is 45.0 Å². The second kappa shape index (κ2) is 9.66. The zero-order valence-corrected chi connectivity index (χ0v) is 20.7. The molecule has 0 aliphatic carbocycles. The maximum Gasteiger partial charge on any atom is 0.262 e. The number of carbonyl (C=O) groups excluding carboxylic acids is 3. The molecule has 0 spiro atoms. The molecule has 1 unspecified atom stereocenters. The van der Waals surface area contributed by atoms with Gasteiger partial charge < -0.3 is 9.42 Å². The van der Waals surface area contributed by atoms with Gasteiger partial charge in [-0.25, -0.2) is 0 Å². The van der Waals surface area contributed by atoms with Crippen LogP contribution in [0.3, 0.4) is 0 Å². The van der Waals surface area contributed by atoms with E-state index in [1.165, 1.54) is 0 Å². The average molecular weight is 488 g/mol. The number of amides is 3. The predicted octanol–water partition coefficient (Wildman–Crippen LogP) is 3.01. The topological polar surface area (TPSA) is 99.9 Å². The molecule has 0 bridgehead atoms. The van der Waals surface area contributed by atoms with E-state index in [9.17, 15) is 14.4 Å². The van der Waals surface area contributed by atoms with Gasteiger partial charge in [0.05, 0.1) is 17.7 Å². The Bertz CT molecular complexity index is 1270.